The lowest BCUT2D eigenvalue weighted by Gasteiger charge is -2.23. The van der Waals surface area contributed by atoms with Gasteiger partial charge in [-0.1, -0.05) is 47.5 Å². The predicted molar refractivity (Wildman–Crippen MR) is 107 cm³/mol. The molecule has 0 spiro atoms. The highest BCUT2D eigenvalue weighted by molar-refractivity contribution is 9.10. The van der Waals surface area contributed by atoms with E-state index in [1.165, 1.54) is 6.20 Å². The summed E-state index contributed by atoms with van der Waals surface area (Å²) >= 11 is 3.45. The van der Waals surface area contributed by atoms with Crippen molar-refractivity contribution >= 4 is 44.8 Å². The minimum absolute atomic E-state index is 0.0808. The fourth-order valence-electron chi connectivity index (χ4n) is 2.73. The van der Waals surface area contributed by atoms with Crippen LogP contribution >= 0.6 is 15.9 Å². The van der Waals surface area contributed by atoms with Crippen molar-refractivity contribution in [1.82, 2.24) is 5.32 Å². The van der Waals surface area contributed by atoms with Gasteiger partial charge >= 0.3 is 0 Å². The molecule has 0 saturated carbocycles. The Morgan fingerprint density at radius 2 is 1.92 bits per heavy atom. The number of amides is 2. The Kier molecular flexibility index (Phi) is 5.73. The van der Waals surface area contributed by atoms with E-state index < -0.39 is 5.91 Å². The number of halogens is 1. The Labute approximate surface area is 161 Å². The summed E-state index contributed by atoms with van der Waals surface area (Å²) in [5, 5.41) is 5.92. The maximum absolute atomic E-state index is 13.2. The van der Waals surface area contributed by atoms with Crippen LogP contribution < -0.4 is 15.5 Å². The second-order valence-corrected chi connectivity index (χ2v) is 6.87. The van der Waals surface area contributed by atoms with Crippen molar-refractivity contribution in [2.75, 3.05) is 16.8 Å². The summed E-state index contributed by atoms with van der Waals surface area (Å²) in [6.07, 6.45) is 3.52. The van der Waals surface area contributed by atoms with Crippen LogP contribution in [0.15, 0.2) is 64.8 Å². The Bertz CT molecular complexity index is 849. The zero-order chi connectivity index (χ0) is 18.5. The molecular formula is C20H20BrN3O2. The second kappa shape index (κ2) is 8.19. The average molecular weight is 414 g/mol. The van der Waals surface area contributed by atoms with Gasteiger partial charge in [0.2, 0.25) is 0 Å². The van der Waals surface area contributed by atoms with Gasteiger partial charge in [-0.25, -0.2) is 0 Å². The molecule has 0 aromatic heterocycles. The van der Waals surface area contributed by atoms with Crippen molar-refractivity contribution in [2.24, 2.45) is 0 Å². The van der Waals surface area contributed by atoms with Crippen molar-refractivity contribution in [2.45, 2.75) is 19.8 Å². The van der Waals surface area contributed by atoms with Crippen LogP contribution in [0, 0.1) is 0 Å². The number of carbonyl (C=O) groups excluding carboxylic acids is 2. The maximum Gasteiger partial charge on any atom is 0.269 e. The van der Waals surface area contributed by atoms with Crippen LogP contribution in [0.4, 0.5) is 17.1 Å². The molecule has 0 unspecified atom stereocenters. The summed E-state index contributed by atoms with van der Waals surface area (Å²) in [4.78, 5) is 27.4. The van der Waals surface area contributed by atoms with Crippen LogP contribution in [0.2, 0.25) is 0 Å². The van der Waals surface area contributed by atoms with Gasteiger partial charge in [-0.3, -0.25) is 14.5 Å². The standard InChI is InChI=1S/C20H20BrN3O2/c1-2-3-11-22-13-16-19(25)23-17-10-9-14(21)12-18(17)24(20(16)26)15-7-5-4-6-8-15/h4-10,12-13,22H,2-3,11H2,1H3,(H,23,25)/b16-13-. The van der Waals surface area contributed by atoms with Crippen LogP contribution in [-0.2, 0) is 9.59 Å². The summed E-state index contributed by atoms with van der Waals surface area (Å²) in [6.45, 7) is 2.80. The van der Waals surface area contributed by atoms with E-state index in [-0.39, 0.29) is 11.5 Å². The molecule has 2 amide bonds. The predicted octanol–water partition coefficient (Wildman–Crippen LogP) is 4.34. The summed E-state index contributed by atoms with van der Waals surface area (Å²) in [5.74, 6) is -0.782. The number of para-hydroxylation sites is 1. The topological polar surface area (TPSA) is 61.4 Å². The molecule has 2 aromatic carbocycles. The van der Waals surface area contributed by atoms with Crippen molar-refractivity contribution < 1.29 is 9.59 Å². The Morgan fingerprint density at radius 1 is 1.15 bits per heavy atom. The maximum atomic E-state index is 13.2. The monoisotopic (exact) mass is 413 g/mol. The number of unbranched alkanes of at least 4 members (excludes halogenated alkanes) is 1. The summed E-state index contributed by atoms with van der Waals surface area (Å²) in [5.41, 5.74) is 2.00. The van der Waals surface area contributed by atoms with Gasteiger partial charge in [-0.2, -0.15) is 0 Å². The highest BCUT2D eigenvalue weighted by atomic mass is 79.9. The minimum atomic E-state index is -0.416. The molecule has 3 rings (SSSR count). The number of nitrogens with one attached hydrogen (secondary N) is 2. The van der Waals surface area contributed by atoms with Gasteiger partial charge < -0.3 is 10.6 Å². The normalized spacial score (nSPS) is 15.5. The molecule has 1 aliphatic heterocycles. The second-order valence-electron chi connectivity index (χ2n) is 5.96. The molecule has 0 bridgehead atoms. The Balaban J connectivity index is 2.07. The lowest BCUT2D eigenvalue weighted by Crippen LogP contribution is -2.30. The molecule has 2 aromatic rings. The largest absolute Gasteiger partial charge is 0.390 e. The molecule has 1 heterocycles. The van der Waals surface area contributed by atoms with E-state index >= 15 is 0 Å². The van der Waals surface area contributed by atoms with E-state index in [1.807, 2.05) is 42.5 Å². The zero-order valence-electron chi connectivity index (χ0n) is 14.5. The first-order valence-electron chi connectivity index (χ1n) is 8.55. The van der Waals surface area contributed by atoms with Crippen molar-refractivity contribution in [3.8, 4) is 0 Å². The highest BCUT2D eigenvalue weighted by Gasteiger charge is 2.32. The zero-order valence-corrected chi connectivity index (χ0v) is 16.0. The van der Waals surface area contributed by atoms with Crippen LogP contribution in [0.25, 0.3) is 0 Å². The molecule has 26 heavy (non-hydrogen) atoms. The molecular weight excluding hydrogens is 394 g/mol. The van der Waals surface area contributed by atoms with Gasteiger partial charge in [-0.15, -0.1) is 0 Å². The van der Waals surface area contributed by atoms with Crippen LogP contribution in [0.5, 0.6) is 0 Å². The van der Waals surface area contributed by atoms with Crippen molar-refractivity contribution in [1.29, 1.82) is 0 Å². The molecule has 6 heteroatoms. The number of nitrogens with zero attached hydrogens (tertiary/aromatic N) is 1. The van der Waals surface area contributed by atoms with Crippen molar-refractivity contribution in [3.05, 3.63) is 64.8 Å². The molecule has 134 valence electrons. The smallest absolute Gasteiger partial charge is 0.269 e. The molecule has 2 N–H and O–H groups in total. The van der Waals surface area contributed by atoms with E-state index in [4.69, 9.17) is 0 Å². The van der Waals surface area contributed by atoms with E-state index in [9.17, 15) is 9.59 Å². The first-order chi connectivity index (χ1) is 12.6. The SMILES string of the molecule is CCCCN/C=C1/C(=O)Nc2ccc(Br)cc2N(c2ccccc2)C1=O. The van der Waals surface area contributed by atoms with Crippen molar-refractivity contribution in [3.63, 3.8) is 0 Å². The number of rotatable bonds is 5. The summed E-state index contributed by atoms with van der Waals surface area (Å²) in [7, 11) is 0. The Hall–Kier alpha value is -2.60. The third-order valence-corrected chi connectivity index (χ3v) is 4.56. The number of anilines is 3. The molecule has 0 radical (unpaired) electrons. The highest BCUT2D eigenvalue weighted by Crippen LogP contribution is 2.37. The van der Waals surface area contributed by atoms with E-state index in [2.05, 4.69) is 33.5 Å². The third-order valence-electron chi connectivity index (χ3n) is 4.06. The lowest BCUT2D eigenvalue weighted by molar-refractivity contribution is -0.119. The van der Waals surface area contributed by atoms with Gasteiger partial charge in [0.1, 0.15) is 5.57 Å². The van der Waals surface area contributed by atoms with Crippen LogP contribution in [0.1, 0.15) is 19.8 Å². The van der Waals surface area contributed by atoms with Gasteiger partial charge in [0.05, 0.1) is 11.4 Å². The number of carbonyl (C=O) groups is 2. The molecule has 0 aliphatic carbocycles. The Morgan fingerprint density at radius 3 is 2.65 bits per heavy atom. The number of fused-ring (bicyclic) bond motifs is 1. The van der Waals surface area contributed by atoms with Gasteiger partial charge in [0.15, 0.2) is 0 Å². The van der Waals surface area contributed by atoms with Gasteiger partial charge in [-0.05, 0) is 36.8 Å². The van der Waals surface area contributed by atoms with Crippen LogP contribution in [0.3, 0.4) is 0 Å². The minimum Gasteiger partial charge on any atom is -0.390 e. The quantitative estimate of drug-likeness (QED) is 0.435. The van der Waals surface area contributed by atoms with E-state index in [1.54, 1.807) is 11.0 Å². The molecule has 0 saturated heterocycles. The van der Waals surface area contributed by atoms with Gasteiger partial charge in [0.25, 0.3) is 11.8 Å². The van der Waals surface area contributed by atoms with Crippen LogP contribution in [-0.4, -0.2) is 18.4 Å². The molecule has 0 atom stereocenters. The first kappa shape index (κ1) is 18.2. The molecule has 1 aliphatic rings. The molecule has 0 fully saturated rings. The fourth-order valence-corrected chi connectivity index (χ4v) is 3.07. The van der Waals surface area contributed by atoms with E-state index in [0.29, 0.717) is 23.6 Å². The molecule has 5 nitrogen and oxygen atoms in total. The van der Waals surface area contributed by atoms with E-state index in [0.717, 1.165) is 17.3 Å². The average Bonchev–Trinajstić information content (AvgIpc) is 2.74. The summed E-state index contributed by atoms with van der Waals surface area (Å²) < 4.78 is 0.827. The lowest BCUT2D eigenvalue weighted by atomic mass is 10.2. The third kappa shape index (κ3) is 3.80. The number of hydrogen-bond acceptors (Lipinski definition) is 3. The first-order valence-corrected chi connectivity index (χ1v) is 9.35. The number of benzene rings is 2. The number of hydrogen-bond donors (Lipinski definition) is 2. The van der Waals surface area contributed by atoms with Gasteiger partial charge in [0, 0.05) is 22.9 Å². The summed E-state index contributed by atoms with van der Waals surface area (Å²) in [6, 6.07) is 14.8. The fraction of sp³-hybridized carbons (Fsp3) is 0.200.